The van der Waals surface area contributed by atoms with Gasteiger partial charge in [0.15, 0.2) is 0 Å². The van der Waals surface area contributed by atoms with E-state index in [1.807, 2.05) is 0 Å². The minimum absolute atomic E-state index is 0.0344. The lowest BCUT2D eigenvalue weighted by molar-refractivity contribution is -0.117. The fourth-order valence-corrected chi connectivity index (χ4v) is 6.31. The van der Waals surface area contributed by atoms with Crippen LogP contribution in [0.2, 0.25) is 0 Å². The van der Waals surface area contributed by atoms with Crippen molar-refractivity contribution in [2.45, 2.75) is 51.5 Å². The maximum absolute atomic E-state index is 13.0. The van der Waals surface area contributed by atoms with Gasteiger partial charge in [-0.3, -0.25) is 9.59 Å². The van der Waals surface area contributed by atoms with E-state index in [0.717, 1.165) is 32.1 Å². The van der Waals surface area contributed by atoms with Crippen LogP contribution in [0.5, 0.6) is 0 Å². The van der Waals surface area contributed by atoms with Crippen LogP contribution in [0.15, 0.2) is 24.3 Å². The van der Waals surface area contributed by atoms with E-state index in [4.69, 9.17) is 0 Å². The van der Waals surface area contributed by atoms with Gasteiger partial charge in [-0.1, -0.05) is 26.2 Å². The van der Waals surface area contributed by atoms with E-state index < -0.39 is 10.2 Å². The van der Waals surface area contributed by atoms with Crippen molar-refractivity contribution < 1.29 is 18.0 Å². The molecule has 3 aliphatic rings. The lowest BCUT2D eigenvalue weighted by Gasteiger charge is -2.38. The van der Waals surface area contributed by atoms with Crippen molar-refractivity contribution in [2.24, 2.45) is 11.8 Å². The number of rotatable bonds is 6. The van der Waals surface area contributed by atoms with Crippen molar-refractivity contribution in [1.29, 1.82) is 0 Å². The smallest absolute Gasteiger partial charge is 0.282 e. The highest BCUT2D eigenvalue weighted by atomic mass is 32.2. The summed E-state index contributed by atoms with van der Waals surface area (Å²) in [5.74, 6) is 0.463. The van der Waals surface area contributed by atoms with Gasteiger partial charge >= 0.3 is 0 Å². The molecular formula is C23H34N4O4S. The lowest BCUT2D eigenvalue weighted by atomic mass is 9.96. The molecule has 1 aromatic carbocycles. The Kier molecular flexibility index (Phi) is 6.88. The van der Waals surface area contributed by atoms with Gasteiger partial charge < -0.3 is 10.2 Å². The molecule has 2 atom stereocenters. The molecule has 2 unspecified atom stereocenters. The zero-order valence-corrected chi connectivity index (χ0v) is 19.8. The van der Waals surface area contributed by atoms with Gasteiger partial charge in [-0.15, -0.1) is 0 Å². The fourth-order valence-electron chi connectivity index (χ4n) is 4.74. The van der Waals surface area contributed by atoms with Gasteiger partial charge in [-0.25, -0.2) is 0 Å². The Labute approximate surface area is 191 Å². The van der Waals surface area contributed by atoms with Crippen LogP contribution in [0.4, 0.5) is 5.69 Å². The molecule has 4 rings (SSSR count). The molecule has 3 fully saturated rings. The highest BCUT2D eigenvalue weighted by Crippen LogP contribution is 2.38. The summed E-state index contributed by atoms with van der Waals surface area (Å²) in [5, 5.41) is 2.90. The predicted octanol–water partition coefficient (Wildman–Crippen LogP) is 2.55. The van der Waals surface area contributed by atoms with Gasteiger partial charge in [0.2, 0.25) is 5.91 Å². The van der Waals surface area contributed by atoms with Crippen LogP contribution in [-0.4, -0.2) is 73.0 Å². The number of hydrogen-bond donors (Lipinski definition) is 1. The van der Waals surface area contributed by atoms with Gasteiger partial charge in [-0.05, 0) is 49.4 Å². The van der Waals surface area contributed by atoms with Gasteiger partial charge in [0, 0.05) is 56.4 Å². The Hall–Kier alpha value is -1.97. The maximum atomic E-state index is 13.0. The molecule has 176 valence electrons. The molecule has 9 heteroatoms. The number of nitrogens with zero attached hydrogens (tertiary/aromatic N) is 3. The van der Waals surface area contributed by atoms with Crippen molar-refractivity contribution in [3.8, 4) is 0 Å². The van der Waals surface area contributed by atoms with E-state index in [0.29, 0.717) is 43.3 Å². The molecular weight excluding hydrogens is 428 g/mol. The number of carbonyl (C=O) groups is 2. The Bertz CT molecular complexity index is 935. The first-order chi connectivity index (χ1) is 15.3. The number of nitrogens with one attached hydrogen (secondary N) is 1. The monoisotopic (exact) mass is 462 g/mol. The fraction of sp³-hybridized carbons (Fsp3) is 0.652. The highest BCUT2D eigenvalue weighted by Gasteiger charge is 2.39. The van der Waals surface area contributed by atoms with E-state index in [-0.39, 0.29) is 23.8 Å². The van der Waals surface area contributed by atoms with Crippen LogP contribution in [0, 0.1) is 11.8 Å². The number of hydrogen-bond acceptors (Lipinski definition) is 4. The molecule has 1 aromatic rings. The minimum atomic E-state index is -3.51. The van der Waals surface area contributed by atoms with E-state index in [1.165, 1.54) is 10.7 Å². The average Bonchev–Trinajstić information content (AvgIpc) is 3.56. The topological polar surface area (TPSA) is 90.0 Å². The number of benzene rings is 1. The first-order valence-corrected chi connectivity index (χ1v) is 13.1. The third kappa shape index (κ3) is 5.00. The van der Waals surface area contributed by atoms with Gasteiger partial charge in [0.1, 0.15) is 0 Å². The molecule has 8 nitrogen and oxygen atoms in total. The summed E-state index contributed by atoms with van der Waals surface area (Å²) in [6, 6.07) is 7.01. The van der Waals surface area contributed by atoms with Crippen molar-refractivity contribution in [2.75, 3.05) is 38.5 Å². The molecule has 2 saturated carbocycles. The molecule has 32 heavy (non-hydrogen) atoms. The van der Waals surface area contributed by atoms with Crippen LogP contribution >= 0.6 is 0 Å². The highest BCUT2D eigenvalue weighted by molar-refractivity contribution is 7.86. The summed E-state index contributed by atoms with van der Waals surface area (Å²) in [6.45, 7) is 3.41. The standard InChI is InChI=1S/C23H34N4O4S/c1-17-16-21(17)22(28)24-19-10-8-18(9-11-19)23(29)26-12-14-27(15-13-26)32(30,31)25(2)20-6-4-3-5-7-20/h8-11,17,20-21H,3-7,12-16H2,1-2H3,(H,24,28). The quantitative estimate of drug-likeness (QED) is 0.704. The van der Waals surface area contributed by atoms with Gasteiger partial charge in [0.25, 0.3) is 16.1 Å². The lowest BCUT2D eigenvalue weighted by Crippen LogP contribution is -2.55. The molecule has 1 aliphatic heterocycles. The van der Waals surface area contributed by atoms with E-state index in [2.05, 4.69) is 12.2 Å². The molecule has 1 heterocycles. The average molecular weight is 463 g/mol. The third-order valence-electron chi connectivity index (χ3n) is 7.15. The molecule has 2 aliphatic carbocycles. The summed E-state index contributed by atoms with van der Waals surface area (Å²) in [7, 11) is -1.82. The van der Waals surface area contributed by atoms with Crippen LogP contribution < -0.4 is 5.32 Å². The normalized spacial score (nSPS) is 25.0. The molecule has 1 N–H and O–H groups in total. The summed E-state index contributed by atoms with van der Waals surface area (Å²) in [5.41, 5.74) is 1.23. The summed E-state index contributed by atoms with van der Waals surface area (Å²) in [4.78, 5) is 26.7. The number of anilines is 1. The Morgan fingerprint density at radius 2 is 1.59 bits per heavy atom. The van der Waals surface area contributed by atoms with E-state index in [9.17, 15) is 18.0 Å². The maximum Gasteiger partial charge on any atom is 0.282 e. The van der Waals surface area contributed by atoms with E-state index >= 15 is 0 Å². The number of piperazine rings is 1. The second-order valence-corrected chi connectivity index (χ2v) is 11.4. The molecule has 1 saturated heterocycles. The predicted molar refractivity (Wildman–Crippen MR) is 123 cm³/mol. The first kappa shape index (κ1) is 23.2. The van der Waals surface area contributed by atoms with Crippen LogP contribution in [0.3, 0.4) is 0 Å². The van der Waals surface area contributed by atoms with Crippen molar-refractivity contribution >= 4 is 27.7 Å². The Morgan fingerprint density at radius 1 is 1.00 bits per heavy atom. The zero-order chi connectivity index (χ0) is 22.9. The van der Waals surface area contributed by atoms with Crippen LogP contribution in [-0.2, 0) is 15.0 Å². The number of amides is 2. The molecule has 0 radical (unpaired) electrons. The minimum Gasteiger partial charge on any atom is -0.336 e. The van der Waals surface area contributed by atoms with Gasteiger partial charge in [-0.2, -0.15) is 17.0 Å². The van der Waals surface area contributed by atoms with Crippen molar-refractivity contribution in [3.63, 3.8) is 0 Å². The molecule has 0 spiro atoms. The Balaban J connectivity index is 1.30. The molecule has 2 amide bonds. The van der Waals surface area contributed by atoms with E-state index in [1.54, 1.807) is 40.5 Å². The largest absolute Gasteiger partial charge is 0.336 e. The SMILES string of the molecule is CC1CC1C(=O)Nc1ccc(C(=O)N2CCN(S(=O)(=O)N(C)C3CCCCC3)CC2)cc1. The molecule has 0 bridgehead atoms. The van der Waals surface area contributed by atoms with Crippen LogP contribution in [0.25, 0.3) is 0 Å². The summed E-state index contributed by atoms with van der Waals surface area (Å²) in [6.07, 6.45) is 6.11. The van der Waals surface area contributed by atoms with Gasteiger partial charge in [0.05, 0.1) is 0 Å². The zero-order valence-electron chi connectivity index (χ0n) is 19.0. The summed E-state index contributed by atoms with van der Waals surface area (Å²) < 4.78 is 29.1. The summed E-state index contributed by atoms with van der Waals surface area (Å²) >= 11 is 0. The Morgan fingerprint density at radius 3 is 2.16 bits per heavy atom. The number of carbonyl (C=O) groups excluding carboxylic acids is 2. The third-order valence-corrected chi connectivity index (χ3v) is 9.19. The second kappa shape index (κ2) is 9.49. The first-order valence-electron chi connectivity index (χ1n) is 11.7. The molecule has 0 aromatic heterocycles. The van der Waals surface area contributed by atoms with Crippen molar-refractivity contribution in [1.82, 2.24) is 13.5 Å². The van der Waals surface area contributed by atoms with Crippen molar-refractivity contribution in [3.05, 3.63) is 29.8 Å². The second-order valence-electron chi connectivity index (χ2n) is 9.39. The van der Waals surface area contributed by atoms with Crippen LogP contribution in [0.1, 0.15) is 55.8 Å².